The molecule has 0 radical (unpaired) electrons. The van der Waals surface area contributed by atoms with E-state index in [0.29, 0.717) is 5.75 Å². The number of rotatable bonds is 10. The number of carboxylic acids is 1. The lowest BCUT2D eigenvalue weighted by molar-refractivity contribution is -0.139. The minimum atomic E-state index is -0.987. The summed E-state index contributed by atoms with van der Waals surface area (Å²) in [6, 6.07) is 15.8. The second-order valence-electron chi connectivity index (χ2n) is 8.43. The van der Waals surface area contributed by atoms with Crippen LogP contribution in [0.4, 0.5) is 0 Å². The Morgan fingerprint density at radius 1 is 1.10 bits per heavy atom. The van der Waals surface area contributed by atoms with Gasteiger partial charge in [0.25, 0.3) is 0 Å². The van der Waals surface area contributed by atoms with Crippen molar-refractivity contribution in [3.63, 3.8) is 0 Å². The Bertz CT molecular complexity index is 974. The van der Waals surface area contributed by atoms with E-state index in [-0.39, 0.29) is 12.0 Å². The van der Waals surface area contributed by atoms with Gasteiger partial charge in [0.05, 0.1) is 0 Å². The maximum absolute atomic E-state index is 10.8. The number of ether oxygens (including phenoxy) is 1. The Hall–Kier alpha value is -3.08. The Kier molecular flexibility index (Phi) is 6.93. The SMILES string of the molecule is CCC(C)(C)Cc1cnc(CCc2ccc(-c3ccccc3OCC(=O)O)cc2)[nH]1. The fourth-order valence-corrected chi connectivity index (χ4v) is 3.35. The maximum atomic E-state index is 10.8. The van der Waals surface area contributed by atoms with Gasteiger partial charge in [-0.3, -0.25) is 0 Å². The number of aromatic amines is 1. The van der Waals surface area contributed by atoms with Gasteiger partial charge in [-0.1, -0.05) is 69.7 Å². The summed E-state index contributed by atoms with van der Waals surface area (Å²) in [5, 5.41) is 8.86. The third-order valence-corrected chi connectivity index (χ3v) is 5.46. The second kappa shape index (κ2) is 9.61. The highest BCUT2D eigenvalue weighted by molar-refractivity contribution is 5.72. The number of hydrogen-bond acceptors (Lipinski definition) is 3. The molecule has 0 atom stereocenters. The smallest absolute Gasteiger partial charge is 0.341 e. The van der Waals surface area contributed by atoms with Gasteiger partial charge in [-0.15, -0.1) is 0 Å². The van der Waals surface area contributed by atoms with Crippen LogP contribution in [-0.4, -0.2) is 27.7 Å². The molecule has 30 heavy (non-hydrogen) atoms. The summed E-state index contributed by atoms with van der Waals surface area (Å²) in [6.45, 7) is 6.42. The summed E-state index contributed by atoms with van der Waals surface area (Å²) in [6.07, 6.45) is 5.88. The topological polar surface area (TPSA) is 75.2 Å². The van der Waals surface area contributed by atoms with Crippen molar-refractivity contribution >= 4 is 5.97 Å². The molecule has 2 aromatic carbocycles. The fourth-order valence-electron chi connectivity index (χ4n) is 3.35. The molecule has 5 heteroatoms. The summed E-state index contributed by atoms with van der Waals surface area (Å²) in [5.41, 5.74) is 4.60. The molecule has 0 saturated heterocycles. The van der Waals surface area contributed by atoms with Crippen molar-refractivity contribution in [3.05, 3.63) is 71.8 Å². The van der Waals surface area contributed by atoms with Crippen molar-refractivity contribution in [2.24, 2.45) is 5.41 Å². The molecule has 1 heterocycles. The summed E-state index contributed by atoms with van der Waals surface area (Å²) in [4.78, 5) is 18.8. The average Bonchev–Trinajstić information content (AvgIpc) is 3.18. The molecule has 0 aliphatic carbocycles. The molecule has 0 unspecified atom stereocenters. The van der Waals surface area contributed by atoms with Gasteiger partial charge >= 0.3 is 5.97 Å². The molecule has 3 aromatic rings. The van der Waals surface area contributed by atoms with Crippen LogP contribution >= 0.6 is 0 Å². The molecule has 0 amide bonds. The number of benzene rings is 2. The number of para-hydroxylation sites is 1. The number of hydrogen-bond donors (Lipinski definition) is 2. The van der Waals surface area contributed by atoms with E-state index in [0.717, 1.165) is 42.6 Å². The van der Waals surface area contributed by atoms with Gasteiger partial charge in [0.15, 0.2) is 6.61 Å². The van der Waals surface area contributed by atoms with Gasteiger partial charge in [-0.2, -0.15) is 0 Å². The maximum Gasteiger partial charge on any atom is 0.341 e. The van der Waals surface area contributed by atoms with Crippen molar-refractivity contribution in [1.82, 2.24) is 9.97 Å². The van der Waals surface area contributed by atoms with Gasteiger partial charge in [0, 0.05) is 23.9 Å². The van der Waals surface area contributed by atoms with Crippen LogP contribution in [0.3, 0.4) is 0 Å². The van der Waals surface area contributed by atoms with Crippen LogP contribution in [0.1, 0.15) is 44.3 Å². The third kappa shape index (κ3) is 5.96. The van der Waals surface area contributed by atoms with Crippen LogP contribution < -0.4 is 4.74 Å². The van der Waals surface area contributed by atoms with E-state index in [1.807, 2.05) is 24.4 Å². The Morgan fingerprint density at radius 2 is 1.83 bits per heavy atom. The Morgan fingerprint density at radius 3 is 2.53 bits per heavy atom. The molecular formula is C25H30N2O3. The molecule has 1 aromatic heterocycles. The average molecular weight is 407 g/mol. The predicted octanol–water partition coefficient (Wildman–Crippen LogP) is 5.30. The zero-order chi connectivity index (χ0) is 21.6. The molecular weight excluding hydrogens is 376 g/mol. The van der Waals surface area contributed by atoms with E-state index in [1.165, 1.54) is 11.3 Å². The first-order valence-electron chi connectivity index (χ1n) is 10.4. The first kappa shape index (κ1) is 21.6. The van der Waals surface area contributed by atoms with Crippen LogP contribution in [0.25, 0.3) is 11.1 Å². The quantitative estimate of drug-likeness (QED) is 0.479. The van der Waals surface area contributed by atoms with E-state index in [9.17, 15) is 4.79 Å². The van der Waals surface area contributed by atoms with Gasteiger partial charge in [-0.25, -0.2) is 9.78 Å². The normalized spacial score (nSPS) is 11.4. The number of H-pyrrole nitrogens is 1. The minimum Gasteiger partial charge on any atom is -0.481 e. The van der Waals surface area contributed by atoms with Gasteiger partial charge in [0.2, 0.25) is 0 Å². The van der Waals surface area contributed by atoms with Gasteiger partial charge in [0.1, 0.15) is 11.6 Å². The largest absolute Gasteiger partial charge is 0.481 e. The van der Waals surface area contributed by atoms with Crippen molar-refractivity contribution in [2.45, 2.75) is 46.5 Å². The van der Waals surface area contributed by atoms with Crippen molar-refractivity contribution < 1.29 is 14.6 Å². The van der Waals surface area contributed by atoms with Crippen LogP contribution in [0.5, 0.6) is 5.75 Å². The molecule has 158 valence electrons. The lowest BCUT2D eigenvalue weighted by atomic mass is 9.85. The summed E-state index contributed by atoms with van der Waals surface area (Å²) in [7, 11) is 0. The van der Waals surface area contributed by atoms with Crippen molar-refractivity contribution in [3.8, 4) is 16.9 Å². The van der Waals surface area contributed by atoms with E-state index in [4.69, 9.17) is 9.84 Å². The van der Waals surface area contributed by atoms with Crippen LogP contribution in [0, 0.1) is 5.41 Å². The zero-order valence-electron chi connectivity index (χ0n) is 17.9. The van der Waals surface area contributed by atoms with E-state index >= 15 is 0 Å². The molecule has 5 nitrogen and oxygen atoms in total. The number of nitrogens with one attached hydrogen (secondary N) is 1. The first-order valence-corrected chi connectivity index (χ1v) is 10.4. The molecule has 0 saturated carbocycles. The first-order chi connectivity index (χ1) is 14.4. The summed E-state index contributed by atoms with van der Waals surface area (Å²) in [5.74, 6) is 0.610. The minimum absolute atomic E-state index is 0.282. The number of aliphatic carboxylic acids is 1. The lowest BCUT2D eigenvalue weighted by Gasteiger charge is -2.21. The molecule has 0 fully saturated rings. The van der Waals surface area contributed by atoms with Crippen molar-refractivity contribution in [1.29, 1.82) is 0 Å². The summed E-state index contributed by atoms with van der Waals surface area (Å²) < 4.78 is 5.42. The monoisotopic (exact) mass is 406 g/mol. The van der Waals surface area contributed by atoms with Crippen LogP contribution in [0.15, 0.2) is 54.7 Å². The third-order valence-electron chi connectivity index (χ3n) is 5.46. The predicted molar refractivity (Wildman–Crippen MR) is 119 cm³/mol. The van der Waals surface area contributed by atoms with Gasteiger partial charge in [-0.05, 0) is 35.4 Å². The number of imidazole rings is 1. The second-order valence-corrected chi connectivity index (χ2v) is 8.43. The molecule has 0 aliphatic rings. The highest BCUT2D eigenvalue weighted by atomic mass is 16.5. The molecule has 0 bridgehead atoms. The number of nitrogens with zero attached hydrogens (tertiary/aromatic N) is 1. The molecule has 3 rings (SSSR count). The number of carboxylic acid groups (broad SMARTS) is 1. The van der Waals surface area contributed by atoms with E-state index in [2.05, 4.69) is 55.0 Å². The van der Waals surface area contributed by atoms with Crippen molar-refractivity contribution in [2.75, 3.05) is 6.61 Å². The number of aromatic nitrogens is 2. The van der Waals surface area contributed by atoms with E-state index in [1.54, 1.807) is 6.07 Å². The van der Waals surface area contributed by atoms with Crippen LogP contribution in [0.2, 0.25) is 0 Å². The standard InChI is InChI=1S/C25H30N2O3/c1-4-25(2,3)15-20-16-26-23(27-20)14-11-18-9-12-19(13-10-18)21-7-5-6-8-22(21)30-17-24(28)29/h5-10,12-13,16H,4,11,14-15,17H2,1-3H3,(H,26,27)(H,28,29). The molecule has 0 aliphatic heterocycles. The number of carbonyl (C=O) groups is 1. The van der Waals surface area contributed by atoms with Gasteiger partial charge < -0.3 is 14.8 Å². The van der Waals surface area contributed by atoms with E-state index < -0.39 is 5.97 Å². The summed E-state index contributed by atoms with van der Waals surface area (Å²) >= 11 is 0. The Labute approximate surface area is 178 Å². The van der Waals surface area contributed by atoms with Crippen LogP contribution in [-0.2, 0) is 24.1 Å². The number of aryl methyl sites for hydroxylation is 2. The highest BCUT2D eigenvalue weighted by Gasteiger charge is 2.17. The zero-order valence-corrected chi connectivity index (χ0v) is 17.9. The molecule has 0 spiro atoms. The Balaban J connectivity index is 1.62. The lowest BCUT2D eigenvalue weighted by Crippen LogP contribution is -2.13. The molecule has 2 N–H and O–H groups in total. The fraction of sp³-hybridized carbons (Fsp3) is 0.360. The highest BCUT2D eigenvalue weighted by Crippen LogP contribution is 2.30.